The van der Waals surface area contributed by atoms with E-state index in [4.69, 9.17) is 0 Å². The van der Waals surface area contributed by atoms with Crippen LogP contribution in [0.2, 0.25) is 0 Å². The Labute approximate surface area is 102 Å². The van der Waals surface area contributed by atoms with Crippen LogP contribution in [0.4, 0.5) is 0 Å². The summed E-state index contributed by atoms with van der Waals surface area (Å²) in [6.07, 6.45) is 2.79. The van der Waals surface area contributed by atoms with E-state index in [-0.39, 0.29) is 0 Å². The number of rotatable bonds is 2. The van der Waals surface area contributed by atoms with Crippen LogP contribution in [0.3, 0.4) is 0 Å². The summed E-state index contributed by atoms with van der Waals surface area (Å²) in [5, 5.41) is 5.86. The highest BCUT2D eigenvalue weighted by Crippen LogP contribution is 2.32. The minimum absolute atomic E-state index is 0.604. The smallest absolute Gasteiger partial charge is 0.0414 e. The molecule has 1 aromatic heterocycles. The summed E-state index contributed by atoms with van der Waals surface area (Å²) < 4.78 is 0. The zero-order chi connectivity index (χ0) is 11.0. The van der Waals surface area contributed by atoms with E-state index in [1.165, 1.54) is 37.4 Å². The Hall–Kier alpha value is -0.380. The van der Waals surface area contributed by atoms with Crippen molar-refractivity contribution < 1.29 is 0 Å². The first kappa shape index (κ1) is 10.8. The van der Waals surface area contributed by atoms with Crippen LogP contribution < -0.4 is 5.32 Å². The minimum atomic E-state index is 0.604. The van der Waals surface area contributed by atoms with E-state index in [0.717, 1.165) is 12.0 Å². The van der Waals surface area contributed by atoms with Crippen LogP contribution in [0.15, 0.2) is 17.5 Å². The quantitative estimate of drug-likeness (QED) is 0.848. The third kappa shape index (κ3) is 1.92. The minimum Gasteiger partial charge on any atom is -0.312 e. The molecule has 1 unspecified atom stereocenters. The van der Waals surface area contributed by atoms with Crippen molar-refractivity contribution in [2.45, 2.75) is 31.8 Å². The fraction of sp³-hybridized carbons (Fsp3) is 0.692. The van der Waals surface area contributed by atoms with Crippen molar-refractivity contribution in [2.75, 3.05) is 19.6 Å². The van der Waals surface area contributed by atoms with Gasteiger partial charge in [-0.25, -0.2) is 0 Å². The van der Waals surface area contributed by atoms with Crippen LogP contribution in [0.5, 0.6) is 0 Å². The monoisotopic (exact) mass is 236 g/mol. The number of hydrogen-bond donors (Lipinski definition) is 1. The lowest BCUT2D eigenvalue weighted by Crippen LogP contribution is -2.40. The van der Waals surface area contributed by atoms with E-state index in [1.54, 1.807) is 0 Å². The largest absolute Gasteiger partial charge is 0.312 e. The molecule has 3 heterocycles. The molecule has 3 atom stereocenters. The molecule has 0 amide bonds. The van der Waals surface area contributed by atoms with Crippen molar-refractivity contribution in [1.82, 2.24) is 10.2 Å². The summed E-state index contributed by atoms with van der Waals surface area (Å²) in [5.74, 6) is 0.899. The second-order valence-electron chi connectivity index (χ2n) is 5.11. The SMILES string of the molecule is CC(c1cccs1)N1C[C@@H]2CCCN[C@@H]2C1. The fourth-order valence-corrected chi connectivity index (χ4v) is 3.92. The van der Waals surface area contributed by atoms with E-state index in [0.29, 0.717) is 6.04 Å². The van der Waals surface area contributed by atoms with Gasteiger partial charge >= 0.3 is 0 Å². The molecule has 1 N–H and O–H groups in total. The van der Waals surface area contributed by atoms with E-state index in [2.05, 4.69) is 34.7 Å². The van der Waals surface area contributed by atoms with Crippen LogP contribution in [0.1, 0.15) is 30.7 Å². The molecule has 0 aromatic carbocycles. The normalized spacial score (nSPS) is 32.6. The van der Waals surface area contributed by atoms with Crippen LogP contribution in [-0.2, 0) is 0 Å². The average molecular weight is 236 g/mol. The van der Waals surface area contributed by atoms with Crippen LogP contribution in [0, 0.1) is 5.92 Å². The standard InChI is InChI=1S/C13H20N2S/c1-10(13-5-3-7-16-13)15-8-11-4-2-6-14-12(11)9-15/h3,5,7,10-12,14H,2,4,6,8-9H2,1H3/t10?,11-,12+/m0/s1. The van der Waals surface area contributed by atoms with Crippen molar-refractivity contribution in [2.24, 2.45) is 5.92 Å². The summed E-state index contributed by atoms with van der Waals surface area (Å²) in [5.41, 5.74) is 0. The first-order valence-electron chi connectivity index (χ1n) is 6.35. The number of hydrogen-bond acceptors (Lipinski definition) is 3. The molecule has 0 radical (unpaired) electrons. The summed E-state index contributed by atoms with van der Waals surface area (Å²) in [6.45, 7) is 6.10. The molecule has 0 spiro atoms. The van der Waals surface area contributed by atoms with Gasteiger partial charge in [-0.05, 0) is 43.7 Å². The molecule has 0 saturated carbocycles. The van der Waals surface area contributed by atoms with Crippen molar-refractivity contribution in [3.63, 3.8) is 0 Å². The van der Waals surface area contributed by atoms with Crippen LogP contribution in [-0.4, -0.2) is 30.6 Å². The fourth-order valence-electron chi connectivity index (χ4n) is 3.11. The van der Waals surface area contributed by atoms with Gasteiger partial charge in [0.05, 0.1) is 0 Å². The average Bonchev–Trinajstić information content (AvgIpc) is 2.97. The van der Waals surface area contributed by atoms with Gasteiger partial charge < -0.3 is 5.32 Å². The second kappa shape index (κ2) is 4.47. The molecule has 3 rings (SSSR count). The number of nitrogens with zero attached hydrogens (tertiary/aromatic N) is 1. The topological polar surface area (TPSA) is 15.3 Å². The summed E-state index contributed by atoms with van der Waals surface area (Å²) in [7, 11) is 0. The molecular weight excluding hydrogens is 216 g/mol. The lowest BCUT2D eigenvalue weighted by Gasteiger charge is -2.25. The third-order valence-corrected chi connectivity index (χ3v) is 5.17. The van der Waals surface area contributed by atoms with Gasteiger partial charge in [0.1, 0.15) is 0 Å². The van der Waals surface area contributed by atoms with Crippen LogP contribution >= 0.6 is 11.3 Å². The Morgan fingerprint density at radius 3 is 3.19 bits per heavy atom. The molecule has 16 heavy (non-hydrogen) atoms. The van der Waals surface area contributed by atoms with Gasteiger partial charge in [0.25, 0.3) is 0 Å². The summed E-state index contributed by atoms with van der Waals surface area (Å²) in [6, 6.07) is 5.80. The number of nitrogens with one attached hydrogen (secondary N) is 1. The van der Waals surface area contributed by atoms with Crippen LogP contribution in [0.25, 0.3) is 0 Å². The Bertz CT molecular complexity index is 322. The Morgan fingerprint density at radius 1 is 1.50 bits per heavy atom. The molecule has 2 saturated heterocycles. The molecule has 88 valence electrons. The van der Waals surface area contributed by atoms with E-state index < -0.39 is 0 Å². The Morgan fingerprint density at radius 2 is 2.44 bits per heavy atom. The Kier molecular flexibility index (Phi) is 3.01. The second-order valence-corrected chi connectivity index (χ2v) is 6.09. The molecule has 2 nitrogen and oxygen atoms in total. The lowest BCUT2D eigenvalue weighted by atomic mass is 9.94. The predicted molar refractivity (Wildman–Crippen MR) is 68.8 cm³/mol. The first-order valence-corrected chi connectivity index (χ1v) is 7.23. The molecule has 2 fully saturated rings. The molecule has 2 aliphatic heterocycles. The van der Waals surface area contributed by atoms with Gasteiger partial charge in [0.15, 0.2) is 0 Å². The maximum absolute atomic E-state index is 3.67. The maximum atomic E-state index is 3.67. The summed E-state index contributed by atoms with van der Waals surface area (Å²) in [4.78, 5) is 4.16. The molecule has 0 bridgehead atoms. The number of thiophene rings is 1. The van der Waals surface area contributed by atoms with Crippen molar-refractivity contribution >= 4 is 11.3 Å². The van der Waals surface area contributed by atoms with E-state index in [9.17, 15) is 0 Å². The van der Waals surface area contributed by atoms with Gasteiger partial charge in [-0.15, -0.1) is 11.3 Å². The van der Waals surface area contributed by atoms with Gasteiger partial charge in [0, 0.05) is 30.1 Å². The van der Waals surface area contributed by atoms with Gasteiger partial charge in [-0.3, -0.25) is 4.90 Å². The van der Waals surface area contributed by atoms with Gasteiger partial charge in [-0.2, -0.15) is 0 Å². The van der Waals surface area contributed by atoms with Crippen molar-refractivity contribution in [3.8, 4) is 0 Å². The zero-order valence-corrected chi connectivity index (χ0v) is 10.7. The van der Waals surface area contributed by atoms with Gasteiger partial charge in [0.2, 0.25) is 0 Å². The van der Waals surface area contributed by atoms with Crippen molar-refractivity contribution in [1.29, 1.82) is 0 Å². The Balaban J connectivity index is 1.68. The molecule has 2 aliphatic rings. The number of piperidine rings is 1. The lowest BCUT2D eigenvalue weighted by molar-refractivity contribution is 0.254. The highest BCUT2D eigenvalue weighted by atomic mass is 32.1. The van der Waals surface area contributed by atoms with Crippen molar-refractivity contribution in [3.05, 3.63) is 22.4 Å². The zero-order valence-electron chi connectivity index (χ0n) is 9.86. The van der Waals surface area contributed by atoms with E-state index in [1.807, 2.05) is 11.3 Å². The third-order valence-electron chi connectivity index (χ3n) is 4.13. The van der Waals surface area contributed by atoms with E-state index >= 15 is 0 Å². The number of likely N-dealkylation sites (tertiary alicyclic amines) is 1. The summed E-state index contributed by atoms with van der Waals surface area (Å²) >= 11 is 1.89. The molecular formula is C13H20N2S. The first-order chi connectivity index (χ1) is 7.84. The van der Waals surface area contributed by atoms with Gasteiger partial charge in [-0.1, -0.05) is 6.07 Å². The maximum Gasteiger partial charge on any atom is 0.0414 e. The molecule has 1 aromatic rings. The predicted octanol–water partition coefficient (Wildman–Crippen LogP) is 2.49. The molecule has 3 heteroatoms. The number of fused-ring (bicyclic) bond motifs is 1. The highest BCUT2D eigenvalue weighted by Gasteiger charge is 2.36. The molecule has 0 aliphatic carbocycles. The highest BCUT2D eigenvalue weighted by molar-refractivity contribution is 7.10.